The smallest absolute Gasteiger partial charge is 0.253 e. The Morgan fingerprint density at radius 2 is 1.89 bits per heavy atom. The number of aromatic nitrogens is 3. The second kappa shape index (κ2) is 12.6. The molecule has 0 spiro atoms. The molecule has 0 bridgehead atoms. The van der Waals surface area contributed by atoms with Crippen LogP contribution in [0.2, 0.25) is 0 Å². The van der Waals surface area contributed by atoms with Gasteiger partial charge in [0.25, 0.3) is 5.91 Å². The molecule has 1 heterocycles. The van der Waals surface area contributed by atoms with Gasteiger partial charge in [-0.2, -0.15) is 5.10 Å². The number of nitrogens with zero attached hydrogens (tertiary/aromatic N) is 4. The lowest BCUT2D eigenvalue weighted by atomic mass is 10.2. The highest BCUT2D eigenvalue weighted by Crippen LogP contribution is 2.27. The summed E-state index contributed by atoms with van der Waals surface area (Å²) in [7, 11) is 1.59. The van der Waals surface area contributed by atoms with Crippen LogP contribution in [0.3, 0.4) is 0 Å². The van der Waals surface area contributed by atoms with Gasteiger partial charge in [0.2, 0.25) is 0 Å². The third-order valence-electron chi connectivity index (χ3n) is 5.52. The fraction of sp³-hybridized carbons (Fsp3) is 0.185. The number of carbonyl (C=O) groups is 1. The Labute approximate surface area is 228 Å². The molecule has 2 N–H and O–H groups in total. The second-order valence-electron chi connectivity index (χ2n) is 8.12. The number of ether oxygens (including phenoxy) is 1. The van der Waals surface area contributed by atoms with Crippen LogP contribution in [0.25, 0.3) is 5.69 Å². The Morgan fingerprint density at radius 1 is 1.14 bits per heavy atom. The van der Waals surface area contributed by atoms with Gasteiger partial charge in [0.1, 0.15) is 5.75 Å². The Kier molecular flexibility index (Phi) is 8.97. The number of aryl methyl sites for hydroxylation is 1. The number of halogens is 1. The van der Waals surface area contributed by atoms with Gasteiger partial charge in [-0.25, -0.2) is 5.43 Å². The minimum absolute atomic E-state index is 0.252. The summed E-state index contributed by atoms with van der Waals surface area (Å²) in [6.45, 7) is 4.35. The predicted molar refractivity (Wildman–Crippen MR) is 152 cm³/mol. The van der Waals surface area contributed by atoms with E-state index in [0.717, 1.165) is 32.8 Å². The Bertz CT molecular complexity index is 1390. The molecule has 190 valence electrons. The van der Waals surface area contributed by atoms with Gasteiger partial charge < -0.3 is 10.1 Å². The van der Waals surface area contributed by atoms with Crippen molar-refractivity contribution in [2.75, 3.05) is 12.4 Å². The maximum atomic E-state index is 12.8. The maximum absolute atomic E-state index is 12.8. The average molecular weight is 580 g/mol. The average Bonchev–Trinajstić information content (AvgIpc) is 3.31. The van der Waals surface area contributed by atoms with Gasteiger partial charge in [-0.05, 0) is 55.8 Å². The topological polar surface area (TPSA) is 93.4 Å². The van der Waals surface area contributed by atoms with E-state index in [2.05, 4.69) is 55.0 Å². The van der Waals surface area contributed by atoms with Crippen LogP contribution in [0.1, 0.15) is 23.9 Å². The van der Waals surface area contributed by atoms with E-state index in [-0.39, 0.29) is 5.91 Å². The molecule has 0 saturated heterocycles. The van der Waals surface area contributed by atoms with Crippen molar-refractivity contribution in [2.45, 2.75) is 30.8 Å². The van der Waals surface area contributed by atoms with E-state index in [4.69, 9.17) is 4.74 Å². The molecule has 4 aromatic rings. The second-order valence-corrected chi connectivity index (χ2v) is 10.3. The molecule has 0 saturated carbocycles. The molecular weight excluding hydrogens is 552 g/mol. The van der Waals surface area contributed by atoms with Gasteiger partial charge in [-0.1, -0.05) is 64.1 Å². The minimum Gasteiger partial charge on any atom is -0.496 e. The van der Waals surface area contributed by atoms with Gasteiger partial charge in [-0.15, -0.1) is 10.2 Å². The highest BCUT2D eigenvalue weighted by atomic mass is 79.9. The molecule has 10 heteroatoms. The van der Waals surface area contributed by atoms with Crippen LogP contribution in [-0.4, -0.2) is 39.2 Å². The highest BCUT2D eigenvalue weighted by Gasteiger charge is 2.21. The molecular formula is C27H27BrN6O2S. The molecule has 8 nitrogen and oxygen atoms in total. The van der Waals surface area contributed by atoms with Crippen molar-refractivity contribution in [1.29, 1.82) is 0 Å². The van der Waals surface area contributed by atoms with Crippen molar-refractivity contribution in [2.24, 2.45) is 5.10 Å². The maximum Gasteiger partial charge on any atom is 0.253 e. The minimum atomic E-state index is -0.467. The number of hydrogen-bond donors (Lipinski definition) is 2. The van der Waals surface area contributed by atoms with E-state index in [1.165, 1.54) is 11.8 Å². The molecule has 0 aliphatic heterocycles. The largest absolute Gasteiger partial charge is 0.496 e. The fourth-order valence-corrected chi connectivity index (χ4v) is 4.81. The third-order valence-corrected chi connectivity index (χ3v) is 7.05. The van der Waals surface area contributed by atoms with Crippen molar-refractivity contribution < 1.29 is 9.53 Å². The van der Waals surface area contributed by atoms with Crippen LogP contribution >= 0.6 is 27.7 Å². The van der Waals surface area contributed by atoms with Crippen molar-refractivity contribution in [1.82, 2.24) is 20.2 Å². The summed E-state index contributed by atoms with van der Waals surface area (Å²) >= 11 is 4.75. The molecule has 4 rings (SSSR count). The molecule has 37 heavy (non-hydrogen) atoms. The summed E-state index contributed by atoms with van der Waals surface area (Å²) in [5.41, 5.74) is 6.45. The van der Waals surface area contributed by atoms with Crippen LogP contribution in [-0.2, 0) is 11.3 Å². The first-order valence-electron chi connectivity index (χ1n) is 11.6. The lowest BCUT2D eigenvalue weighted by Crippen LogP contribution is -2.27. The molecule has 1 aromatic heterocycles. The van der Waals surface area contributed by atoms with E-state index in [0.29, 0.717) is 17.5 Å². The highest BCUT2D eigenvalue weighted by molar-refractivity contribution is 9.10. The van der Waals surface area contributed by atoms with Crippen LogP contribution in [0.5, 0.6) is 5.75 Å². The van der Waals surface area contributed by atoms with E-state index >= 15 is 0 Å². The lowest BCUT2D eigenvalue weighted by molar-refractivity contribution is -0.120. The molecule has 0 aliphatic carbocycles. The zero-order chi connectivity index (χ0) is 26.2. The number of benzene rings is 3. The molecule has 0 radical (unpaired) electrons. The lowest BCUT2D eigenvalue weighted by Gasteiger charge is -2.14. The van der Waals surface area contributed by atoms with Gasteiger partial charge in [-0.3, -0.25) is 9.36 Å². The number of carbonyl (C=O) groups excluding carboxylic acids is 1. The van der Waals surface area contributed by atoms with Crippen LogP contribution in [0.4, 0.5) is 5.69 Å². The summed E-state index contributed by atoms with van der Waals surface area (Å²) in [6.07, 6.45) is 1.56. The van der Waals surface area contributed by atoms with Gasteiger partial charge in [0, 0.05) is 21.4 Å². The molecule has 1 atom stereocenters. The molecule has 0 aliphatic rings. The standard InChI is InChI=1S/C27H27BrN6O2S/c1-18-9-7-8-12-23(18)29-17-25-31-33-27(34(25)22-10-5-4-6-11-22)37-19(2)26(35)32-30-16-20-15-21(28)13-14-24(20)36-3/h4-16,19,29H,17H2,1-3H3,(H,32,35)/b30-16-/t19-/m1/s1. The number of thioether (sulfide) groups is 1. The number of nitrogens with one attached hydrogen (secondary N) is 2. The van der Waals surface area contributed by atoms with Crippen LogP contribution < -0.4 is 15.5 Å². The van der Waals surface area contributed by atoms with Gasteiger partial charge in [0.15, 0.2) is 11.0 Å². The summed E-state index contributed by atoms with van der Waals surface area (Å²) in [5.74, 6) is 1.15. The summed E-state index contributed by atoms with van der Waals surface area (Å²) < 4.78 is 8.20. The SMILES string of the molecule is COc1ccc(Br)cc1/C=N\NC(=O)[C@@H](C)Sc1nnc(CNc2ccccc2C)n1-c1ccccc1. The first-order valence-corrected chi connectivity index (χ1v) is 13.3. The van der Waals surface area contributed by atoms with E-state index in [9.17, 15) is 4.79 Å². The fourth-order valence-electron chi connectivity index (χ4n) is 3.55. The predicted octanol–water partition coefficient (Wildman–Crippen LogP) is 5.59. The Balaban J connectivity index is 1.48. The molecule has 3 aromatic carbocycles. The molecule has 0 unspecified atom stereocenters. The van der Waals surface area contributed by atoms with Crippen molar-refractivity contribution in [3.05, 3.63) is 94.2 Å². The number of methoxy groups -OCH3 is 1. The van der Waals surface area contributed by atoms with E-state index in [1.807, 2.05) is 78.2 Å². The summed E-state index contributed by atoms with van der Waals surface area (Å²) in [4.78, 5) is 12.8. The quantitative estimate of drug-likeness (QED) is 0.145. The summed E-state index contributed by atoms with van der Waals surface area (Å²) in [5, 5.41) is 16.5. The van der Waals surface area contributed by atoms with Crippen LogP contribution in [0, 0.1) is 6.92 Å². The van der Waals surface area contributed by atoms with E-state index < -0.39 is 5.25 Å². The van der Waals surface area contributed by atoms with Gasteiger partial charge >= 0.3 is 0 Å². The zero-order valence-electron chi connectivity index (χ0n) is 20.7. The zero-order valence-corrected chi connectivity index (χ0v) is 23.1. The number of anilines is 1. The third kappa shape index (κ3) is 6.78. The van der Waals surface area contributed by atoms with Crippen molar-refractivity contribution >= 4 is 45.5 Å². The van der Waals surface area contributed by atoms with Crippen molar-refractivity contribution in [3.63, 3.8) is 0 Å². The Hall–Kier alpha value is -3.63. The summed E-state index contributed by atoms with van der Waals surface area (Å²) in [6, 6.07) is 23.5. The first kappa shape index (κ1) is 26.4. The van der Waals surface area contributed by atoms with E-state index in [1.54, 1.807) is 13.3 Å². The number of hydrazone groups is 1. The Morgan fingerprint density at radius 3 is 2.65 bits per heavy atom. The number of rotatable bonds is 10. The number of hydrogen-bond acceptors (Lipinski definition) is 7. The molecule has 1 amide bonds. The van der Waals surface area contributed by atoms with Crippen molar-refractivity contribution in [3.8, 4) is 11.4 Å². The molecule has 0 fully saturated rings. The normalized spacial score (nSPS) is 11.9. The van der Waals surface area contributed by atoms with Crippen LogP contribution in [0.15, 0.2) is 87.5 Å². The monoisotopic (exact) mass is 578 g/mol. The number of para-hydroxylation sites is 2. The van der Waals surface area contributed by atoms with Gasteiger partial charge in [0.05, 0.1) is 25.1 Å². The first-order chi connectivity index (χ1) is 18.0. The number of amides is 1.